The quantitative estimate of drug-likeness (QED) is 0.801. The van der Waals surface area contributed by atoms with E-state index in [4.69, 9.17) is 0 Å². The Kier molecular flexibility index (Phi) is 3.31. The first-order valence-corrected chi connectivity index (χ1v) is 5.77. The topological polar surface area (TPSA) is 37.8 Å². The SMILES string of the molecule is CC(CC1CC1)NC(C)c1cnccn1. The van der Waals surface area contributed by atoms with Crippen molar-refractivity contribution in [1.29, 1.82) is 0 Å². The maximum atomic E-state index is 4.30. The molecule has 1 aliphatic rings. The van der Waals surface area contributed by atoms with E-state index in [-0.39, 0.29) is 0 Å². The summed E-state index contributed by atoms with van der Waals surface area (Å²) in [5.41, 5.74) is 1.03. The zero-order chi connectivity index (χ0) is 10.7. The largest absolute Gasteiger partial charge is 0.306 e. The molecule has 0 aromatic carbocycles. The number of rotatable bonds is 5. The van der Waals surface area contributed by atoms with Gasteiger partial charge in [0.15, 0.2) is 0 Å². The van der Waals surface area contributed by atoms with Crippen molar-refractivity contribution in [3.05, 3.63) is 24.3 Å². The summed E-state index contributed by atoms with van der Waals surface area (Å²) in [6.45, 7) is 4.40. The highest BCUT2D eigenvalue weighted by Gasteiger charge is 2.24. The second-order valence-electron chi connectivity index (χ2n) is 4.60. The third kappa shape index (κ3) is 3.27. The molecule has 0 radical (unpaired) electrons. The van der Waals surface area contributed by atoms with E-state index in [2.05, 4.69) is 29.1 Å². The van der Waals surface area contributed by atoms with Crippen LogP contribution in [0, 0.1) is 5.92 Å². The summed E-state index contributed by atoms with van der Waals surface area (Å²) in [5.74, 6) is 0.974. The number of aromatic nitrogens is 2. The predicted octanol–water partition coefficient (Wildman–Crippen LogP) is 2.32. The highest BCUT2D eigenvalue weighted by molar-refractivity contribution is 5.01. The van der Waals surface area contributed by atoms with Crippen molar-refractivity contribution in [2.75, 3.05) is 0 Å². The molecule has 1 saturated carbocycles. The van der Waals surface area contributed by atoms with Crippen molar-refractivity contribution in [3.8, 4) is 0 Å². The molecular formula is C12H19N3. The maximum absolute atomic E-state index is 4.30. The number of hydrogen-bond acceptors (Lipinski definition) is 3. The van der Waals surface area contributed by atoms with Crippen LogP contribution in [0.4, 0.5) is 0 Å². The van der Waals surface area contributed by atoms with Crippen molar-refractivity contribution < 1.29 is 0 Å². The molecule has 1 aromatic heterocycles. The van der Waals surface area contributed by atoms with Crippen LogP contribution >= 0.6 is 0 Å². The first-order chi connectivity index (χ1) is 7.25. The zero-order valence-electron chi connectivity index (χ0n) is 9.48. The van der Waals surface area contributed by atoms with Gasteiger partial charge in [0.2, 0.25) is 0 Å². The van der Waals surface area contributed by atoms with Crippen LogP contribution < -0.4 is 5.32 Å². The molecule has 2 unspecified atom stereocenters. The minimum absolute atomic E-state index is 0.299. The van der Waals surface area contributed by atoms with Gasteiger partial charge in [-0.1, -0.05) is 12.8 Å². The van der Waals surface area contributed by atoms with Gasteiger partial charge in [-0.3, -0.25) is 9.97 Å². The van der Waals surface area contributed by atoms with Gasteiger partial charge in [0.25, 0.3) is 0 Å². The Balaban J connectivity index is 1.82. The minimum atomic E-state index is 0.299. The van der Waals surface area contributed by atoms with Gasteiger partial charge in [-0.05, 0) is 26.2 Å². The van der Waals surface area contributed by atoms with E-state index in [1.165, 1.54) is 19.3 Å². The van der Waals surface area contributed by atoms with Crippen molar-refractivity contribution in [2.24, 2.45) is 5.92 Å². The molecule has 0 amide bonds. The van der Waals surface area contributed by atoms with Gasteiger partial charge in [0.1, 0.15) is 0 Å². The molecule has 2 rings (SSSR count). The smallest absolute Gasteiger partial charge is 0.0753 e. The van der Waals surface area contributed by atoms with Gasteiger partial charge < -0.3 is 5.32 Å². The molecule has 82 valence electrons. The van der Waals surface area contributed by atoms with E-state index >= 15 is 0 Å². The van der Waals surface area contributed by atoms with Crippen LogP contribution in [0.25, 0.3) is 0 Å². The van der Waals surface area contributed by atoms with E-state index in [1.807, 2.05) is 6.20 Å². The molecule has 0 aliphatic heterocycles. The fourth-order valence-electron chi connectivity index (χ4n) is 1.97. The van der Waals surface area contributed by atoms with Gasteiger partial charge in [0, 0.05) is 30.7 Å². The fraction of sp³-hybridized carbons (Fsp3) is 0.667. The van der Waals surface area contributed by atoms with Crippen molar-refractivity contribution in [1.82, 2.24) is 15.3 Å². The average Bonchev–Trinajstić information content (AvgIpc) is 3.03. The van der Waals surface area contributed by atoms with E-state index in [0.717, 1.165) is 11.6 Å². The molecular weight excluding hydrogens is 186 g/mol. The van der Waals surface area contributed by atoms with Crippen LogP contribution in [0.3, 0.4) is 0 Å². The monoisotopic (exact) mass is 205 g/mol. The van der Waals surface area contributed by atoms with Gasteiger partial charge in [0.05, 0.1) is 5.69 Å². The first kappa shape index (κ1) is 10.6. The van der Waals surface area contributed by atoms with E-state index < -0.39 is 0 Å². The summed E-state index contributed by atoms with van der Waals surface area (Å²) in [7, 11) is 0. The number of hydrogen-bond donors (Lipinski definition) is 1. The van der Waals surface area contributed by atoms with E-state index in [1.54, 1.807) is 12.4 Å². The summed E-state index contributed by atoms with van der Waals surface area (Å²) < 4.78 is 0. The average molecular weight is 205 g/mol. The predicted molar refractivity (Wildman–Crippen MR) is 60.4 cm³/mol. The Morgan fingerprint density at radius 1 is 1.40 bits per heavy atom. The third-order valence-electron chi connectivity index (χ3n) is 2.95. The van der Waals surface area contributed by atoms with Crippen LogP contribution in [-0.4, -0.2) is 16.0 Å². The maximum Gasteiger partial charge on any atom is 0.0753 e. The van der Waals surface area contributed by atoms with Gasteiger partial charge in [-0.2, -0.15) is 0 Å². The molecule has 0 bridgehead atoms. The summed E-state index contributed by atoms with van der Waals surface area (Å²) in [4.78, 5) is 8.39. The Morgan fingerprint density at radius 2 is 2.20 bits per heavy atom. The Hall–Kier alpha value is -0.960. The lowest BCUT2D eigenvalue weighted by molar-refractivity contribution is 0.432. The molecule has 1 N–H and O–H groups in total. The summed E-state index contributed by atoms with van der Waals surface area (Å²) >= 11 is 0. The lowest BCUT2D eigenvalue weighted by Crippen LogP contribution is -2.29. The number of nitrogens with one attached hydrogen (secondary N) is 1. The molecule has 0 saturated heterocycles. The van der Waals surface area contributed by atoms with Crippen LogP contribution in [0.15, 0.2) is 18.6 Å². The van der Waals surface area contributed by atoms with Gasteiger partial charge in [-0.15, -0.1) is 0 Å². The second-order valence-corrected chi connectivity index (χ2v) is 4.60. The van der Waals surface area contributed by atoms with Gasteiger partial charge in [-0.25, -0.2) is 0 Å². The molecule has 1 aromatic rings. The van der Waals surface area contributed by atoms with Crippen LogP contribution in [-0.2, 0) is 0 Å². The standard InChI is InChI=1S/C12H19N3/c1-9(7-11-3-4-11)15-10(2)12-8-13-5-6-14-12/h5-6,8-11,15H,3-4,7H2,1-2H3. The molecule has 2 atom stereocenters. The Morgan fingerprint density at radius 3 is 2.80 bits per heavy atom. The first-order valence-electron chi connectivity index (χ1n) is 5.77. The molecule has 15 heavy (non-hydrogen) atoms. The normalized spacial score (nSPS) is 19.9. The fourth-order valence-corrected chi connectivity index (χ4v) is 1.97. The molecule has 1 aliphatic carbocycles. The van der Waals surface area contributed by atoms with E-state index in [9.17, 15) is 0 Å². The molecule has 0 spiro atoms. The zero-order valence-corrected chi connectivity index (χ0v) is 9.48. The summed E-state index contributed by atoms with van der Waals surface area (Å²) in [5, 5.41) is 3.56. The lowest BCUT2D eigenvalue weighted by Gasteiger charge is -2.19. The Labute approximate surface area is 91.3 Å². The van der Waals surface area contributed by atoms with Crippen LogP contribution in [0.5, 0.6) is 0 Å². The highest BCUT2D eigenvalue weighted by Crippen LogP contribution is 2.33. The van der Waals surface area contributed by atoms with E-state index in [0.29, 0.717) is 12.1 Å². The Bertz CT molecular complexity index is 295. The third-order valence-corrected chi connectivity index (χ3v) is 2.95. The molecule has 1 fully saturated rings. The lowest BCUT2D eigenvalue weighted by atomic mass is 10.1. The van der Waals surface area contributed by atoms with Crippen molar-refractivity contribution in [2.45, 2.75) is 45.2 Å². The van der Waals surface area contributed by atoms with Gasteiger partial charge >= 0.3 is 0 Å². The molecule has 3 nitrogen and oxygen atoms in total. The van der Waals surface area contributed by atoms with Crippen LogP contribution in [0.1, 0.15) is 44.8 Å². The summed E-state index contributed by atoms with van der Waals surface area (Å²) in [6.07, 6.45) is 9.44. The summed E-state index contributed by atoms with van der Waals surface area (Å²) in [6, 6.07) is 0.877. The van der Waals surface area contributed by atoms with Crippen molar-refractivity contribution in [3.63, 3.8) is 0 Å². The second kappa shape index (κ2) is 4.71. The van der Waals surface area contributed by atoms with Crippen molar-refractivity contribution >= 4 is 0 Å². The minimum Gasteiger partial charge on any atom is -0.306 e. The highest BCUT2D eigenvalue weighted by atomic mass is 15.0. The van der Waals surface area contributed by atoms with Crippen LogP contribution in [0.2, 0.25) is 0 Å². The number of nitrogens with zero attached hydrogens (tertiary/aromatic N) is 2. The molecule has 1 heterocycles. The molecule has 3 heteroatoms.